The van der Waals surface area contributed by atoms with Gasteiger partial charge in [0.15, 0.2) is 11.3 Å². The van der Waals surface area contributed by atoms with Crippen LogP contribution in [0.25, 0.3) is 16.8 Å². The number of aromatic carboxylic acids is 1. The van der Waals surface area contributed by atoms with Crippen LogP contribution in [0.1, 0.15) is 40.6 Å². The summed E-state index contributed by atoms with van der Waals surface area (Å²) >= 11 is 0. The third-order valence-electron chi connectivity index (χ3n) is 4.07. The van der Waals surface area contributed by atoms with Crippen molar-refractivity contribution in [3.8, 4) is 11.1 Å². The van der Waals surface area contributed by atoms with Gasteiger partial charge in [-0.15, -0.1) is 0 Å². The molecule has 2 heterocycles. The van der Waals surface area contributed by atoms with E-state index in [2.05, 4.69) is 10.1 Å². The van der Waals surface area contributed by atoms with Crippen molar-refractivity contribution in [1.82, 2.24) is 14.6 Å². The molecule has 3 aromatic rings. The Balaban J connectivity index is 2.05. The highest BCUT2D eigenvalue weighted by molar-refractivity contribution is 5.88. The van der Waals surface area contributed by atoms with Crippen molar-refractivity contribution in [2.24, 2.45) is 0 Å². The van der Waals surface area contributed by atoms with Crippen LogP contribution in [0, 0.1) is 6.92 Å². The SMILES string of the molecule is Cc1nn2c(C3CC3)cc(C(=O)O)nc2c1-c1ccccc1. The van der Waals surface area contributed by atoms with Gasteiger partial charge in [0.1, 0.15) is 0 Å². The van der Waals surface area contributed by atoms with Crippen molar-refractivity contribution in [2.45, 2.75) is 25.7 Å². The Hall–Kier alpha value is -2.69. The monoisotopic (exact) mass is 293 g/mol. The lowest BCUT2D eigenvalue weighted by Gasteiger charge is -2.06. The molecule has 1 saturated carbocycles. The molecule has 2 aromatic heterocycles. The second kappa shape index (κ2) is 4.66. The van der Waals surface area contributed by atoms with E-state index in [1.165, 1.54) is 0 Å². The number of hydrogen-bond donors (Lipinski definition) is 1. The number of carboxylic acids is 1. The Morgan fingerprint density at radius 1 is 1.27 bits per heavy atom. The first-order valence-corrected chi connectivity index (χ1v) is 7.34. The predicted octanol–water partition coefficient (Wildman–Crippen LogP) is 3.28. The third kappa shape index (κ3) is 1.97. The molecular formula is C17H15N3O2. The fraction of sp³-hybridized carbons (Fsp3) is 0.235. The minimum Gasteiger partial charge on any atom is -0.477 e. The van der Waals surface area contributed by atoms with Gasteiger partial charge in [0, 0.05) is 17.2 Å². The minimum absolute atomic E-state index is 0.0893. The maximum absolute atomic E-state index is 11.4. The maximum Gasteiger partial charge on any atom is 0.354 e. The molecule has 1 aromatic carbocycles. The normalized spacial score (nSPS) is 14.4. The molecule has 0 unspecified atom stereocenters. The van der Waals surface area contributed by atoms with E-state index in [0.29, 0.717) is 11.6 Å². The van der Waals surface area contributed by atoms with E-state index in [1.807, 2.05) is 41.8 Å². The maximum atomic E-state index is 11.4. The summed E-state index contributed by atoms with van der Waals surface area (Å²) in [6, 6.07) is 11.5. The third-order valence-corrected chi connectivity index (χ3v) is 4.07. The van der Waals surface area contributed by atoms with Crippen LogP contribution in [0.4, 0.5) is 0 Å². The van der Waals surface area contributed by atoms with E-state index >= 15 is 0 Å². The first kappa shape index (κ1) is 13.0. The highest BCUT2D eigenvalue weighted by atomic mass is 16.4. The Morgan fingerprint density at radius 3 is 2.64 bits per heavy atom. The van der Waals surface area contributed by atoms with E-state index in [4.69, 9.17) is 0 Å². The number of nitrogens with zero attached hydrogens (tertiary/aromatic N) is 3. The standard InChI is InChI=1S/C17H15N3O2/c1-10-15(12-5-3-2-4-6-12)16-18-13(17(21)22)9-14(11-7-8-11)20(16)19-10/h2-6,9,11H,7-8H2,1H3,(H,21,22). The quantitative estimate of drug-likeness (QED) is 0.804. The number of fused-ring (bicyclic) bond motifs is 1. The van der Waals surface area contributed by atoms with Crippen LogP contribution in [-0.2, 0) is 0 Å². The van der Waals surface area contributed by atoms with Gasteiger partial charge in [0.25, 0.3) is 0 Å². The summed E-state index contributed by atoms with van der Waals surface area (Å²) in [6.45, 7) is 1.94. The Kier molecular flexibility index (Phi) is 2.76. The second-order valence-corrected chi connectivity index (χ2v) is 5.71. The fourth-order valence-electron chi connectivity index (χ4n) is 2.87. The van der Waals surface area contributed by atoms with E-state index in [9.17, 15) is 9.90 Å². The van der Waals surface area contributed by atoms with Crippen LogP contribution in [0.15, 0.2) is 36.4 Å². The van der Waals surface area contributed by atoms with E-state index in [0.717, 1.165) is 35.4 Å². The summed E-state index contributed by atoms with van der Waals surface area (Å²) in [6.07, 6.45) is 2.16. The van der Waals surface area contributed by atoms with Crippen molar-refractivity contribution < 1.29 is 9.90 Å². The topological polar surface area (TPSA) is 67.5 Å². The van der Waals surface area contributed by atoms with Crippen LogP contribution in [0.3, 0.4) is 0 Å². The molecule has 5 nitrogen and oxygen atoms in total. The average molecular weight is 293 g/mol. The van der Waals surface area contributed by atoms with Crippen LogP contribution < -0.4 is 0 Å². The summed E-state index contributed by atoms with van der Waals surface area (Å²) in [5.74, 6) is -0.603. The highest BCUT2D eigenvalue weighted by Gasteiger charge is 2.29. The van der Waals surface area contributed by atoms with E-state index < -0.39 is 5.97 Å². The number of carboxylic acid groups (broad SMARTS) is 1. The Labute approximate surface area is 127 Å². The molecule has 110 valence electrons. The molecule has 1 fully saturated rings. The smallest absolute Gasteiger partial charge is 0.354 e. The zero-order valence-electron chi connectivity index (χ0n) is 12.2. The lowest BCUT2D eigenvalue weighted by molar-refractivity contribution is 0.0690. The van der Waals surface area contributed by atoms with Gasteiger partial charge in [-0.3, -0.25) is 0 Å². The predicted molar refractivity (Wildman–Crippen MR) is 82.1 cm³/mol. The molecule has 0 saturated heterocycles. The van der Waals surface area contributed by atoms with E-state index in [1.54, 1.807) is 6.07 Å². The number of benzene rings is 1. The zero-order valence-corrected chi connectivity index (χ0v) is 12.2. The van der Waals surface area contributed by atoms with Gasteiger partial charge in [-0.05, 0) is 31.4 Å². The first-order valence-electron chi connectivity index (χ1n) is 7.34. The molecule has 22 heavy (non-hydrogen) atoms. The number of hydrogen-bond acceptors (Lipinski definition) is 3. The number of aryl methyl sites for hydroxylation is 1. The molecular weight excluding hydrogens is 278 g/mol. The highest BCUT2D eigenvalue weighted by Crippen LogP contribution is 2.41. The second-order valence-electron chi connectivity index (χ2n) is 5.71. The van der Waals surface area contributed by atoms with Crippen molar-refractivity contribution in [2.75, 3.05) is 0 Å². The van der Waals surface area contributed by atoms with E-state index in [-0.39, 0.29) is 5.69 Å². The molecule has 0 radical (unpaired) electrons. The van der Waals surface area contributed by atoms with Crippen molar-refractivity contribution in [3.05, 3.63) is 53.5 Å². The lowest BCUT2D eigenvalue weighted by Crippen LogP contribution is -2.07. The van der Waals surface area contributed by atoms with Crippen LogP contribution in [0.2, 0.25) is 0 Å². The van der Waals surface area contributed by atoms with Crippen molar-refractivity contribution in [1.29, 1.82) is 0 Å². The Morgan fingerprint density at radius 2 is 2.00 bits per heavy atom. The molecule has 5 heteroatoms. The summed E-state index contributed by atoms with van der Waals surface area (Å²) < 4.78 is 1.82. The van der Waals surface area contributed by atoms with Crippen LogP contribution in [0.5, 0.6) is 0 Å². The first-order chi connectivity index (χ1) is 10.6. The van der Waals surface area contributed by atoms with Crippen LogP contribution in [-0.4, -0.2) is 25.7 Å². The van der Waals surface area contributed by atoms with Gasteiger partial charge < -0.3 is 5.11 Å². The molecule has 0 atom stereocenters. The molecule has 1 aliphatic carbocycles. The number of aromatic nitrogens is 3. The summed E-state index contributed by atoms with van der Waals surface area (Å²) in [7, 11) is 0. The summed E-state index contributed by atoms with van der Waals surface area (Å²) in [4.78, 5) is 15.7. The lowest BCUT2D eigenvalue weighted by atomic mass is 10.1. The zero-order chi connectivity index (χ0) is 15.3. The summed E-state index contributed by atoms with van der Waals surface area (Å²) in [5, 5.41) is 14.0. The molecule has 0 spiro atoms. The van der Waals surface area contributed by atoms with Gasteiger partial charge >= 0.3 is 5.97 Å². The van der Waals surface area contributed by atoms with Crippen molar-refractivity contribution in [3.63, 3.8) is 0 Å². The molecule has 4 rings (SSSR count). The number of carbonyl (C=O) groups is 1. The molecule has 0 amide bonds. The molecule has 0 bridgehead atoms. The Bertz CT molecular complexity index is 880. The van der Waals surface area contributed by atoms with Gasteiger partial charge in [-0.1, -0.05) is 30.3 Å². The van der Waals surface area contributed by atoms with Gasteiger partial charge in [0.05, 0.1) is 5.69 Å². The number of rotatable bonds is 3. The molecule has 0 aliphatic heterocycles. The van der Waals surface area contributed by atoms with Gasteiger partial charge in [-0.25, -0.2) is 14.3 Å². The molecule has 1 aliphatic rings. The molecule has 1 N–H and O–H groups in total. The summed E-state index contributed by atoms with van der Waals surface area (Å²) in [5.41, 5.74) is 4.45. The fourth-order valence-corrected chi connectivity index (χ4v) is 2.87. The van der Waals surface area contributed by atoms with Crippen molar-refractivity contribution >= 4 is 11.6 Å². The van der Waals surface area contributed by atoms with Crippen LogP contribution >= 0.6 is 0 Å². The van der Waals surface area contributed by atoms with Gasteiger partial charge in [-0.2, -0.15) is 5.10 Å². The largest absolute Gasteiger partial charge is 0.477 e. The average Bonchev–Trinajstić information content (AvgIpc) is 3.29. The van der Waals surface area contributed by atoms with Gasteiger partial charge in [0.2, 0.25) is 0 Å². The minimum atomic E-state index is -0.998.